The van der Waals surface area contributed by atoms with Crippen LogP contribution in [0.1, 0.15) is 46.2 Å². The molecule has 0 saturated carbocycles. The Bertz CT molecular complexity index is 395. The standard InChI is InChI=1S/C16H25NO2/c1-12(15(18)19-16(3,4)5)11-17-13(2)14-9-7-6-8-10-14/h6-10,12-13,17H,11H2,1-5H3/t12-,13+/m1/s1. The molecule has 106 valence electrons. The number of benzene rings is 1. The van der Waals surface area contributed by atoms with Crippen LogP contribution in [0, 0.1) is 5.92 Å². The molecule has 3 nitrogen and oxygen atoms in total. The van der Waals surface area contributed by atoms with Crippen molar-refractivity contribution < 1.29 is 9.53 Å². The third-order valence-electron chi connectivity index (χ3n) is 2.84. The van der Waals surface area contributed by atoms with E-state index in [9.17, 15) is 4.79 Å². The summed E-state index contributed by atoms with van der Waals surface area (Å²) in [5, 5.41) is 3.36. The molecule has 0 unspecified atom stereocenters. The zero-order valence-corrected chi connectivity index (χ0v) is 12.6. The van der Waals surface area contributed by atoms with Crippen molar-refractivity contribution in [3.8, 4) is 0 Å². The van der Waals surface area contributed by atoms with Crippen LogP contribution in [0.3, 0.4) is 0 Å². The van der Waals surface area contributed by atoms with Gasteiger partial charge in [0.15, 0.2) is 0 Å². The fraction of sp³-hybridized carbons (Fsp3) is 0.562. The molecule has 0 aliphatic heterocycles. The van der Waals surface area contributed by atoms with Gasteiger partial charge in [0.25, 0.3) is 0 Å². The number of esters is 1. The molecule has 0 aliphatic rings. The highest BCUT2D eigenvalue weighted by atomic mass is 16.6. The number of carbonyl (C=O) groups excluding carboxylic acids is 1. The van der Waals surface area contributed by atoms with Gasteiger partial charge in [-0.3, -0.25) is 4.79 Å². The van der Waals surface area contributed by atoms with Crippen LogP contribution in [0.4, 0.5) is 0 Å². The minimum absolute atomic E-state index is 0.148. The summed E-state index contributed by atoms with van der Waals surface area (Å²) in [6.07, 6.45) is 0. The van der Waals surface area contributed by atoms with E-state index in [4.69, 9.17) is 4.74 Å². The lowest BCUT2D eigenvalue weighted by molar-refractivity contribution is -0.159. The fourth-order valence-electron chi connectivity index (χ4n) is 1.70. The Morgan fingerprint density at radius 1 is 1.21 bits per heavy atom. The van der Waals surface area contributed by atoms with Gasteiger partial charge in [-0.15, -0.1) is 0 Å². The summed E-state index contributed by atoms with van der Waals surface area (Å²) in [5.41, 5.74) is 0.801. The number of nitrogens with one attached hydrogen (secondary N) is 1. The average molecular weight is 263 g/mol. The average Bonchev–Trinajstić information content (AvgIpc) is 2.34. The highest BCUT2D eigenvalue weighted by molar-refractivity contribution is 5.72. The number of ether oxygens (including phenoxy) is 1. The summed E-state index contributed by atoms with van der Waals surface area (Å²) in [6.45, 7) is 10.3. The molecule has 0 radical (unpaired) electrons. The van der Waals surface area contributed by atoms with Crippen molar-refractivity contribution >= 4 is 5.97 Å². The number of carbonyl (C=O) groups is 1. The smallest absolute Gasteiger partial charge is 0.310 e. The molecule has 0 spiro atoms. The Morgan fingerprint density at radius 2 is 1.79 bits per heavy atom. The normalized spacial score (nSPS) is 14.8. The monoisotopic (exact) mass is 263 g/mol. The molecule has 1 aromatic carbocycles. The van der Waals surface area contributed by atoms with Gasteiger partial charge in [-0.1, -0.05) is 37.3 Å². The van der Waals surface area contributed by atoms with Crippen LogP contribution in [0.15, 0.2) is 30.3 Å². The molecule has 0 heterocycles. The molecule has 1 aromatic rings. The quantitative estimate of drug-likeness (QED) is 0.828. The minimum Gasteiger partial charge on any atom is -0.460 e. The summed E-state index contributed by atoms with van der Waals surface area (Å²) in [4.78, 5) is 11.8. The van der Waals surface area contributed by atoms with Gasteiger partial charge in [-0.2, -0.15) is 0 Å². The summed E-state index contributed by atoms with van der Waals surface area (Å²) in [7, 11) is 0. The molecule has 1 rings (SSSR count). The van der Waals surface area contributed by atoms with Gasteiger partial charge in [0.1, 0.15) is 5.60 Å². The van der Waals surface area contributed by atoms with E-state index in [2.05, 4.69) is 24.4 Å². The van der Waals surface area contributed by atoms with Crippen molar-refractivity contribution in [3.63, 3.8) is 0 Å². The molecule has 2 atom stereocenters. The highest BCUT2D eigenvalue weighted by Crippen LogP contribution is 2.14. The topological polar surface area (TPSA) is 38.3 Å². The van der Waals surface area contributed by atoms with Crippen LogP contribution in [-0.4, -0.2) is 18.1 Å². The number of hydrogen-bond acceptors (Lipinski definition) is 3. The maximum Gasteiger partial charge on any atom is 0.310 e. The third-order valence-corrected chi connectivity index (χ3v) is 2.84. The molecule has 1 N–H and O–H groups in total. The van der Waals surface area contributed by atoms with E-state index in [0.29, 0.717) is 6.54 Å². The van der Waals surface area contributed by atoms with Crippen molar-refractivity contribution in [1.82, 2.24) is 5.32 Å². The molecule has 0 aromatic heterocycles. The van der Waals surface area contributed by atoms with Crippen molar-refractivity contribution in [3.05, 3.63) is 35.9 Å². The first-order valence-electron chi connectivity index (χ1n) is 6.81. The number of rotatable bonds is 5. The second-order valence-corrected chi connectivity index (χ2v) is 5.98. The fourth-order valence-corrected chi connectivity index (χ4v) is 1.70. The van der Waals surface area contributed by atoms with E-state index in [-0.39, 0.29) is 17.9 Å². The predicted molar refractivity (Wildman–Crippen MR) is 77.9 cm³/mol. The van der Waals surface area contributed by atoms with E-state index in [1.165, 1.54) is 5.56 Å². The van der Waals surface area contributed by atoms with Gasteiger partial charge in [0, 0.05) is 12.6 Å². The van der Waals surface area contributed by atoms with Gasteiger partial charge in [-0.05, 0) is 33.3 Å². The van der Waals surface area contributed by atoms with Crippen LogP contribution in [0.5, 0.6) is 0 Å². The maximum absolute atomic E-state index is 11.8. The van der Waals surface area contributed by atoms with Gasteiger partial charge >= 0.3 is 5.97 Å². The Labute approximate surface area is 116 Å². The lowest BCUT2D eigenvalue weighted by Crippen LogP contribution is -2.33. The minimum atomic E-state index is -0.420. The molecule has 0 fully saturated rings. The lowest BCUT2D eigenvalue weighted by atomic mass is 10.1. The summed E-state index contributed by atoms with van der Waals surface area (Å²) in [5.74, 6) is -0.300. The van der Waals surface area contributed by atoms with Crippen molar-refractivity contribution in [2.24, 2.45) is 5.92 Å². The summed E-state index contributed by atoms with van der Waals surface area (Å²) in [6, 6.07) is 10.4. The first-order chi connectivity index (χ1) is 8.79. The van der Waals surface area contributed by atoms with E-state index >= 15 is 0 Å². The molecular weight excluding hydrogens is 238 g/mol. The second kappa shape index (κ2) is 6.71. The third kappa shape index (κ3) is 5.88. The first kappa shape index (κ1) is 15.7. The second-order valence-electron chi connectivity index (χ2n) is 5.98. The Hall–Kier alpha value is -1.35. The predicted octanol–water partition coefficient (Wildman–Crippen LogP) is 3.32. The Morgan fingerprint density at radius 3 is 2.32 bits per heavy atom. The van der Waals surface area contributed by atoms with E-state index in [1.54, 1.807) is 0 Å². The molecular formula is C16H25NO2. The van der Waals surface area contributed by atoms with Gasteiger partial charge in [0.2, 0.25) is 0 Å². The molecule has 0 bridgehead atoms. The molecule has 3 heteroatoms. The molecule has 0 saturated heterocycles. The zero-order valence-electron chi connectivity index (χ0n) is 12.6. The van der Waals surface area contributed by atoms with E-state index in [1.807, 2.05) is 45.9 Å². The number of hydrogen-bond donors (Lipinski definition) is 1. The maximum atomic E-state index is 11.8. The summed E-state index contributed by atoms with van der Waals surface area (Å²) < 4.78 is 5.36. The largest absolute Gasteiger partial charge is 0.460 e. The molecule has 19 heavy (non-hydrogen) atoms. The van der Waals surface area contributed by atoms with Crippen molar-refractivity contribution in [1.29, 1.82) is 0 Å². The lowest BCUT2D eigenvalue weighted by Gasteiger charge is -2.23. The van der Waals surface area contributed by atoms with Gasteiger partial charge in [-0.25, -0.2) is 0 Å². The Balaban J connectivity index is 2.42. The van der Waals surface area contributed by atoms with Gasteiger partial charge in [0.05, 0.1) is 5.92 Å². The molecule has 0 aliphatic carbocycles. The van der Waals surface area contributed by atoms with Crippen LogP contribution in [0.25, 0.3) is 0 Å². The van der Waals surface area contributed by atoms with E-state index < -0.39 is 5.60 Å². The van der Waals surface area contributed by atoms with Crippen LogP contribution < -0.4 is 5.32 Å². The Kier molecular flexibility index (Phi) is 5.55. The first-order valence-corrected chi connectivity index (χ1v) is 6.81. The van der Waals surface area contributed by atoms with Crippen LogP contribution in [0.2, 0.25) is 0 Å². The van der Waals surface area contributed by atoms with E-state index in [0.717, 1.165) is 0 Å². The highest BCUT2D eigenvalue weighted by Gasteiger charge is 2.21. The molecule has 0 amide bonds. The SMILES string of the molecule is C[C@H](CN[C@@H](C)c1ccccc1)C(=O)OC(C)(C)C. The zero-order chi connectivity index (χ0) is 14.5. The summed E-state index contributed by atoms with van der Waals surface area (Å²) >= 11 is 0. The van der Waals surface area contributed by atoms with Crippen molar-refractivity contribution in [2.75, 3.05) is 6.54 Å². The van der Waals surface area contributed by atoms with Crippen LogP contribution in [-0.2, 0) is 9.53 Å². The van der Waals surface area contributed by atoms with Crippen LogP contribution >= 0.6 is 0 Å². The van der Waals surface area contributed by atoms with Crippen molar-refractivity contribution in [2.45, 2.75) is 46.3 Å². The van der Waals surface area contributed by atoms with Gasteiger partial charge < -0.3 is 10.1 Å².